The number of hydrogen-bond donors (Lipinski definition) is 0. The second-order valence-corrected chi connectivity index (χ2v) is 16.9. The lowest BCUT2D eigenvalue weighted by Gasteiger charge is -2.36. The van der Waals surface area contributed by atoms with E-state index >= 15 is 0 Å². The SMILES string of the molecule is CC.CC1c2cc(-c3c4ccccc4c(-c4ccccc4)c4ccccc34)ccc2-c2c1c1c(c3oc4ccccc4c23)-c2ccccc2C1(C1=CCC=CC=C1)c1ccccc1. The van der Waals surface area contributed by atoms with Crippen LogP contribution in [0, 0.1) is 0 Å². The van der Waals surface area contributed by atoms with E-state index in [1.54, 1.807) is 0 Å². The smallest absolute Gasteiger partial charge is 0.144 e. The van der Waals surface area contributed by atoms with E-state index in [1.165, 1.54) is 110 Å². The lowest BCUT2D eigenvalue weighted by atomic mass is 9.64. The van der Waals surface area contributed by atoms with Crippen LogP contribution in [0.1, 0.15) is 60.9 Å². The summed E-state index contributed by atoms with van der Waals surface area (Å²) in [6.45, 7) is 6.45. The Labute approximate surface area is 369 Å². The van der Waals surface area contributed by atoms with E-state index in [-0.39, 0.29) is 5.92 Å². The summed E-state index contributed by atoms with van der Waals surface area (Å²) in [5.74, 6) is 0.101. The molecule has 0 spiro atoms. The average molecular weight is 807 g/mol. The third kappa shape index (κ3) is 5.17. The van der Waals surface area contributed by atoms with Gasteiger partial charge in [-0.05, 0) is 112 Å². The molecule has 3 aliphatic rings. The van der Waals surface area contributed by atoms with Gasteiger partial charge in [-0.2, -0.15) is 0 Å². The zero-order valence-electron chi connectivity index (χ0n) is 35.8. The number of fused-ring (bicyclic) bond motifs is 14. The molecular weight excluding hydrogens is 761 g/mol. The first kappa shape index (κ1) is 37.3. The van der Waals surface area contributed by atoms with Gasteiger partial charge in [0.15, 0.2) is 0 Å². The summed E-state index contributed by atoms with van der Waals surface area (Å²) in [6.07, 6.45) is 12.4. The lowest BCUT2D eigenvalue weighted by Crippen LogP contribution is -2.30. The van der Waals surface area contributed by atoms with Gasteiger partial charge in [0.2, 0.25) is 0 Å². The van der Waals surface area contributed by atoms with Gasteiger partial charge < -0.3 is 4.42 Å². The normalized spacial score (nSPS) is 16.9. The van der Waals surface area contributed by atoms with Crippen LogP contribution in [-0.2, 0) is 5.41 Å². The first-order valence-electron chi connectivity index (χ1n) is 22.6. The van der Waals surface area contributed by atoms with E-state index < -0.39 is 5.41 Å². The fourth-order valence-corrected chi connectivity index (χ4v) is 11.6. The summed E-state index contributed by atoms with van der Waals surface area (Å²) < 4.78 is 7.16. The predicted molar refractivity (Wildman–Crippen MR) is 267 cm³/mol. The molecule has 0 saturated carbocycles. The molecular formula is C62H46O. The Morgan fingerprint density at radius 3 is 1.84 bits per heavy atom. The molecule has 13 rings (SSSR count). The number of rotatable bonds is 4. The fourth-order valence-electron chi connectivity index (χ4n) is 11.6. The Morgan fingerprint density at radius 2 is 1.13 bits per heavy atom. The molecule has 2 unspecified atom stereocenters. The summed E-state index contributed by atoms with van der Waals surface area (Å²) in [7, 11) is 0. The molecule has 1 heteroatoms. The van der Waals surface area contributed by atoms with E-state index in [2.05, 4.69) is 213 Å². The van der Waals surface area contributed by atoms with Gasteiger partial charge in [-0.1, -0.05) is 215 Å². The van der Waals surface area contributed by atoms with Crippen molar-refractivity contribution in [1.82, 2.24) is 0 Å². The van der Waals surface area contributed by atoms with Gasteiger partial charge in [0, 0.05) is 22.3 Å². The second-order valence-electron chi connectivity index (χ2n) is 16.9. The van der Waals surface area contributed by atoms with Crippen molar-refractivity contribution in [3.05, 3.63) is 240 Å². The van der Waals surface area contributed by atoms with Crippen molar-refractivity contribution in [1.29, 1.82) is 0 Å². The van der Waals surface area contributed by atoms with Crippen LogP contribution in [0.4, 0.5) is 0 Å². The van der Waals surface area contributed by atoms with Crippen LogP contribution in [-0.4, -0.2) is 0 Å². The van der Waals surface area contributed by atoms with E-state index in [1.807, 2.05) is 13.8 Å². The molecule has 0 N–H and O–H groups in total. The zero-order chi connectivity index (χ0) is 42.2. The van der Waals surface area contributed by atoms with Gasteiger partial charge in [0.25, 0.3) is 0 Å². The van der Waals surface area contributed by atoms with Crippen LogP contribution in [0.25, 0.3) is 88.0 Å². The largest absolute Gasteiger partial charge is 0.455 e. The molecule has 0 bridgehead atoms. The molecule has 0 saturated heterocycles. The van der Waals surface area contributed by atoms with Crippen molar-refractivity contribution < 1.29 is 4.42 Å². The van der Waals surface area contributed by atoms with E-state index in [9.17, 15) is 0 Å². The highest BCUT2D eigenvalue weighted by atomic mass is 16.3. The highest BCUT2D eigenvalue weighted by Crippen LogP contribution is 2.65. The highest BCUT2D eigenvalue weighted by molar-refractivity contribution is 6.23. The van der Waals surface area contributed by atoms with Gasteiger partial charge >= 0.3 is 0 Å². The molecule has 9 aromatic carbocycles. The summed E-state index contributed by atoms with van der Waals surface area (Å²) in [4.78, 5) is 0. The lowest BCUT2D eigenvalue weighted by molar-refractivity contribution is 0.668. The third-order valence-corrected chi connectivity index (χ3v) is 14.0. The molecule has 10 aromatic rings. The van der Waals surface area contributed by atoms with Crippen LogP contribution < -0.4 is 0 Å². The molecule has 2 atom stereocenters. The van der Waals surface area contributed by atoms with Crippen molar-refractivity contribution in [2.24, 2.45) is 0 Å². The quantitative estimate of drug-likeness (QED) is 0.162. The molecule has 0 aliphatic heterocycles. The van der Waals surface area contributed by atoms with Crippen LogP contribution in [0.3, 0.4) is 0 Å². The topological polar surface area (TPSA) is 13.1 Å². The van der Waals surface area contributed by atoms with E-state index in [0.717, 1.165) is 17.6 Å². The molecule has 63 heavy (non-hydrogen) atoms. The predicted octanol–water partition coefficient (Wildman–Crippen LogP) is 17.1. The maximum absolute atomic E-state index is 7.16. The number of hydrogen-bond acceptors (Lipinski definition) is 1. The Hall–Kier alpha value is -7.48. The van der Waals surface area contributed by atoms with Crippen molar-refractivity contribution in [2.45, 2.75) is 38.5 Å². The summed E-state index contributed by atoms with van der Waals surface area (Å²) in [5, 5.41) is 7.47. The minimum atomic E-state index is -0.564. The molecule has 300 valence electrons. The van der Waals surface area contributed by atoms with Crippen LogP contribution in [0.5, 0.6) is 0 Å². The molecule has 1 heterocycles. The minimum absolute atomic E-state index is 0.101. The third-order valence-electron chi connectivity index (χ3n) is 14.0. The van der Waals surface area contributed by atoms with Crippen molar-refractivity contribution in [2.75, 3.05) is 0 Å². The van der Waals surface area contributed by atoms with Gasteiger partial charge in [0.1, 0.15) is 11.2 Å². The first-order valence-corrected chi connectivity index (χ1v) is 22.6. The molecule has 0 amide bonds. The maximum atomic E-state index is 7.16. The van der Waals surface area contributed by atoms with Crippen LogP contribution in [0.2, 0.25) is 0 Å². The zero-order valence-corrected chi connectivity index (χ0v) is 35.8. The standard InChI is InChI=1S/C60H40O.C2H6/c1-37-49-36-39(54-44-28-14-12-26-42(44)53(38-20-6-4-7-21-38)43-27-13-15-29-45(43)54)34-35-46(49)55-52(37)58-57(59-56(55)48-31-17-19-33-51(48)61-59)47-30-16-18-32-50(47)60(58,41-24-10-5-11-25-41)40-22-8-2-3-9-23-40;1-2/h2-8,10-37H,9H2,1H3;1-2H3. The summed E-state index contributed by atoms with van der Waals surface area (Å²) >= 11 is 0. The fraction of sp³-hybridized carbons (Fsp3) is 0.0968. The van der Waals surface area contributed by atoms with E-state index in [4.69, 9.17) is 4.42 Å². The second kappa shape index (κ2) is 14.6. The van der Waals surface area contributed by atoms with Crippen molar-refractivity contribution in [3.63, 3.8) is 0 Å². The summed E-state index contributed by atoms with van der Waals surface area (Å²) in [5.41, 5.74) is 19.5. The van der Waals surface area contributed by atoms with E-state index in [0.29, 0.717) is 0 Å². The maximum Gasteiger partial charge on any atom is 0.144 e. The van der Waals surface area contributed by atoms with Gasteiger partial charge in [-0.25, -0.2) is 0 Å². The van der Waals surface area contributed by atoms with Gasteiger partial charge in [-0.15, -0.1) is 0 Å². The summed E-state index contributed by atoms with van der Waals surface area (Å²) in [6, 6.07) is 65.2. The number of allylic oxidation sites excluding steroid dienone is 6. The molecule has 1 nitrogen and oxygen atoms in total. The van der Waals surface area contributed by atoms with Crippen molar-refractivity contribution in [3.8, 4) is 44.5 Å². The number of furan rings is 1. The number of benzene rings is 9. The Morgan fingerprint density at radius 1 is 0.524 bits per heavy atom. The Balaban J connectivity index is 0.00000208. The Kier molecular flexibility index (Phi) is 8.63. The highest BCUT2D eigenvalue weighted by Gasteiger charge is 2.52. The minimum Gasteiger partial charge on any atom is -0.455 e. The van der Waals surface area contributed by atoms with Gasteiger partial charge in [-0.3, -0.25) is 0 Å². The Bertz CT molecular complexity index is 3500. The van der Waals surface area contributed by atoms with Crippen molar-refractivity contribution >= 4 is 43.5 Å². The molecule has 0 fully saturated rings. The molecule has 3 aliphatic carbocycles. The molecule has 1 aromatic heterocycles. The first-order chi connectivity index (χ1) is 31.2. The van der Waals surface area contributed by atoms with Gasteiger partial charge in [0.05, 0.1) is 5.41 Å². The van der Waals surface area contributed by atoms with Crippen LogP contribution >= 0.6 is 0 Å². The average Bonchev–Trinajstić information content (AvgIpc) is 3.87. The van der Waals surface area contributed by atoms with Crippen LogP contribution in [0.15, 0.2) is 216 Å². The monoisotopic (exact) mass is 806 g/mol. The molecule has 0 radical (unpaired) electrons. The number of para-hydroxylation sites is 1.